The van der Waals surface area contributed by atoms with Crippen LogP contribution in [0, 0.1) is 28.1 Å². The number of hydrogen-bond donors (Lipinski definition) is 0. The maximum absolute atomic E-state index is 12.6. The van der Waals surface area contributed by atoms with Gasteiger partial charge in [-0.25, -0.2) is 0 Å². The lowest BCUT2D eigenvalue weighted by molar-refractivity contribution is -0.156. The lowest BCUT2D eigenvalue weighted by atomic mass is 9.39. The van der Waals surface area contributed by atoms with E-state index in [-0.39, 0.29) is 5.92 Å². The van der Waals surface area contributed by atoms with Crippen LogP contribution in [0.3, 0.4) is 0 Å². The summed E-state index contributed by atoms with van der Waals surface area (Å²) in [5, 5.41) is 0. The smallest absolute Gasteiger partial charge is 0.136 e. The van der Waals surface area contributed by atoms with E-state index >= 15 is 0 Å². The number of carbonyl (C=O) groups excluding carboxylic acids is 1. The first-order valence-corrected chi connectivity index (χ1v) is 8.80. The van der Waals surface area contributed by atoms with Gasteiger partial charge in [-0.1, -0.05) is 34.1 Å². The molecule has 3 atom stereocenters. The summed E-state index contributed by atoms with van der Waals surface area (Å²) < 4.78 is 0. The molecule has 20 heavy (non-hydrogen) atoms. The van der Waals surface area contributed by atoms with Crippen molar-refractivity contribution in [3.63, 3.8) is 0 Å². The van der Waals surface area contributed by atoms with Gasteiger partial charge in [-0.15, -0.1) is 0 Å². The standard InChI is InChI=1S/C19H32O/c1-5-6-14(2)16(20)10-19-9-15-7-17(3,12-19)11-18(4,8-15)13-19/h14-15H,5-13H2,1-4H3. The Kier molecular flexibility index (Phi) is 3.34. The molecular weight excluding hydrogens is 244 g/mol. The van der Waals surface area contributed by atoms with Gasteiger partial charge in [-0.3, -0.25) is 4.79 Å². The lowest BCUT2D eigenvalue weighted by Gasteiger charge is -2.65. The van der Waals surface area contributed by atoms with Crippen LogP contribution in [0.4, 0.5) is 0 Å². The van der Waals surface area contributed by atoms with E-state index in [4.69, 9.17) is 0 Å². The lowest BCUT2D eigenvalue weighted by Crippen LogP contribution is -2.55. The molecule has 4 aliphatic rings. The third-order valence-corrected chi connectivity index (χ3v) is 6.56. The fourth-order valence-corrected chi connectivity index (χ4v) is 7.02. The second-order valence-corrected chi connectivity index (χ2v) is 9.46. The molecule has 4 fully saturated rings. The summed E-state index contributed by atoms with van der Waals surface area (Å²) in [5.74, 6) is 1.75. The third-order valence-electron chi connectivity index (χ3n) is 6.56. The second kappa shape index (κ2) is 4.58. The van der Waals surface area contributed by atoms with Crippen LogP contribution in [-0.2, 0) is 4.79 Å². The molecule has 4 bridgehead atoms. The predicted molar refractivity (Wildman–Crippen MR) is 83.5 cm³/mol. The molecule has 0 aliphatic heterocycles. The van der Waals surface area contributed by atoms with Gasteiger partial charge in [0.2, 0.25) is 0 Å². The van der Waals surface area contributed by atoms with Gasteiger partial charge in [0, 0.05) is 12.3 Å². The summed E-state index contributed by atoms with van der Waals surface area (Å²) in [5.41, 5.74) is 1.47. The van der Waals surface area contributed by atoms with Crippen molar-refractivity contribution in [2.75, 3.05) is 0 Å². The summed E-state index contributed by atoms with van der Waals surface area (Å²) in [6, 6.07) is 0. The van der Waals surface area contributed by atoms with Crippen molar-refractivity contribution in [3.05, 3.63) is 0 Å². The van der Waals surface area contributed by atoms with Crippen LogP contribution in [0.5, 0.6) is 0 Å². The monoisotopic (exact) mass is 276 g/mol. The number of ketones is 1. The van der Waals surface area contributed by atoms with E-state index < -0.39 is 0 Å². The van der Waals surface area contributed by atoms with E-state index in [1.807, 2.05) is 0 Å². The van der Waals surface area contributed by atoms with E-state index in [0.29, 0.717) is 22.0 Å². The Bertz CT molecular complexity index is 392. The van der Waals surface area contributed by atoms with Gasteiger partial charge in [0.15, 0.2) is 0 Å². The van der Waals surface area contributed by atoms with Crippen molar-refractivity contribution in [3.8, 4) is 0 Å². The van der Waals surface area contributed by atoms with Crippen molar-refractivity contribution >= 4 is 5.78 Å². The Labute approximate surface area is 124 Å². The van der Waals surface area contributed by atoms with E-state index in [1.165, 1.54) is 38.5 Å². The van der Waals surface area contributed by atoms with Crippen molar-refractivity contribution in [2.24, 2.45) is 28.1 Å². The summed E-state index contributed by atoms with van der Waals surface area (Å²) in [6.07, 6.45) is 11.4. The first-order chi connectivity index (χ1) is 9.27. The highest BCUT2D eigenvalue weighted by atomic mass is 16.1. The van der Waals surface area contributed by atoms with E-state index in [1.54, 1.807) is 0 Å². The third kappa shape index (κ3) is 2.46. The molecule has 4 aliphatic carbocycles. The molecule has 4 rings (SSSR count). The largest absolute Gasteiger partial charge is 0.299 e. The summed E-state index contributed by atoms with van der Waals surface area (Å²) in [6.45, 7) is 9.35. The molecule has 4 saturated carbocycles. The highest BCUT2D eigenvalue weighted by molar-refractivity contribution is 5.81. The molecule has 0 aromatic carbocycles. The molecule has 114 valence electrons. The van der Waals surface area contributed by atoms with Crippen LogP contribution >= 0.6 is 0 Å². The first-order valence-electron chi connectivity index (χ1n) is 8.80. The molecule has 3 unspecified atom stereocenters. The van der Waals surface area contributed by atoms with Gasteiger partial charge in [-0.05, 0) is 67.1 Å². The Balaban J connectivity index is 1.77. The first kappa shape index (κ1) is 14.6. The summed E-state index contributed by atoms with van der Waals surface area (Å²) in [7, 11) is 0. The van der Waals surface area contributed by atoms with Crippen LogP contribution < -0.4 is 0 Å². The van der Waals surface area contributed by atoms with Gasteiger partial charge in [0.25, 0.3) is 0 Å². The van der Waals surface area contributed by atoms with Crippen LogP contribution in [0.15, 0.2) is 0 Å². The van der Waals surface area contributed by atoms with Crippen molar-refractivity contribution < 1.29 is 4.79 Å². The molecule has 1 heteroatoms. The average molecular weight is 276 g/mol. The van der Waals surface area contributed by atoms with Crippen LogP contribution in [0.2, 0.25) is 0 Å². The van der Waals surface area contributed by atoms with E-state index in [0.717, 1.165) is 25.2 Å². The van der Waals surface area contributed by atoms with Crippen molar-refractivity contribution in [1.82, 2.24) is 0 Å². The topological polar surface area (TPSA) is 17.1 Å². The van der Waals surface area contributed by atoms with Gasteiger partial charge in [0.1, 0.15) is 5.78 Å². The van der Waals surface area contributed by atoms with Gasteiger partial charge in [-0.2, -0.15) is 0 Å². The fourth-order valence-electron chi connectivity index (χ4n) is 7.02. The average Bonchev–Trinajstić information content (AvgIpc) is 2.23. The maximum Gasteiger partial charge on any atom is 0.136 e. The highest BCUT2D eigenvalue weighted by Crippen LogP contribution is 2.70. The Morgan fingerprint density at radius 1 is 1.10 bits per heavy atom. The Morgan fingerprint density at radius 3 is 2.20 bits per heavy atom. The van der Waals surface area contributed by atoms with Crippen LogP contribution in [0.25, 0.3) is 0 Å². The maximum atomic E-state index is 12.6. The fraction of sp³-hybridized carbons (Fsp3) is 0.947. The van der Waals surface area contributed by atoms with Crippen LogP contribution in [-0.4, -0.2) is 5.78 Å². The molecule has 0 heterocycles. The number of Topliss-reactive ketones (excluding diaryl/α,β-unsaturated/α-hetero) is 1. The van der Waals surface area contributed by atoms with E-state index in [9.17, 15) is 4.79 Å². The van der Waals surface area contributed by atoms with Crippen LogP contribution in [0.1, 0.15) is 85.5 Å². The van der Waals surface area contributed by atoms with Gasteiger partial charge < -0.3 is 0 Å². The molecular formula is C19H32O. The minimum atomic E-state index is 0.286. The SMILES string of the molecule is CCCC(C)C(=O)CC12CC3CC(C)(CC(C)(C3)C1)C2. The molecule has 0 N–H and O–H groups in total. The number of carbonyl (C=O) groups is 1. The van der Waals surface area contributed by atoms with Crippen molar-refractivity contribution in [2.45, 2.75) is 85.5 Å². The summed E-state index contributed by atoms with van der Waals surface area (Å²) in [4.78, 5) is 12.6. The molecule has 0 aromatic rings. The van der Waals surface area contributed by atoms with Crippen molar-refractivity contribution in [1.29, 1.82) is 0 Å². The highest BCUT2D eigenvalue weighted by Gasteiger charge is 2.60. The zero-order chi connectivity index (χ0) is 14.6. The molecule has 1 nitrogen and oxygen atoms in total. The number of rotatable bonds is 5. The minimum Gasteiger partial charge on any atom is -0.299 e. The molecule has 0 aromatic heterocycles. The molecule has 0 spiro atoms. The quantitative estimate of drug-likeness (QED) is 0.659. The minimum absolute atomic E-state index is 0.286. The Morgan fingerprint density at radius 2 is 1.70 bits per heavy atom. The molecule has 0 radical (unpaired) electrons. The zero-order valence-electron chi connectivity index (χ0n) is 13.9. The molecule has 0 saturated heterocycles. The van der Waals surface area contributed by atoms with Gasteiger partial charge >= 0.3 is 0 Å². The van der Waals surface area contributed by atoms with Gasteiger partial charge in [0.05, 0.1) is 0 Å². The second-order valence-electron chi connectivity index (χ2n) is 9.46. The zero-order valence-corrected chi connectivity index (χ0v) is 13.9. The van der Waals surface area contributed by atoms with E-state index in [2.05, 4.69) is 27.7 Å². The normalized spacial score (nSPS) is 47.5. The summed E-state index contributed by atoms with van der Waals surface area (Å²) >= 11 is 0. The number of hydrogen-bond acceptors (Lipinski definition) is 1. The molecule has 0 amide bonds. The Hall–Kier alpha value is -0.330. The predicted octanol–water partition coefficient (Wildman–Crippen LogP) is 5.38.